The molecule has 1 aromatic heterocycles. The van der Waals surface area contributed by atoms with Gasteiger partial charge in [-0.05, 0) is 24.3 Å². The summed E-state index contributed by atoms with van der Waals surface area (Å²) < 4.78 is 5.14. The van der Waals surface area contributed by atoms with Gasteiger partial charge in [-0.2, -0.15) is 5.01 Å². The van der Waals surface area contributed by atoms with E-state index in [-0.39, 0.29) is 18.0 Å². The van der Waals surface area contributed by atoms with Gasteiger partial charge in [0.1, 0.15) is 5.75 Å². The van der Waals surface area contributed by atoms with E-state index in [2.05, 4.69) is 10.4 Å². The van der Waals surface area contributed by atoms with Gasteiger partial charge in [-0.25, -0.2) is 0 Å². The van der Waals surface area contributed by atoms with Gasteiger partial charge in [-0.15, -0.1) is 12.4 Å². The van der Waals surface area contributed by atoms with Crippen LogP contribution in [0.3, 0.4) is 0 Å². The number of carbonyl (C=O) groups excluding carboxylic acids is 2. The van der Waals surface area contributed by atoms with Crippen molar-refractivity contribution in [3.63, 3.8) is 0 Å². The van der Waals surface area contributed by atoms with E-state index in [0.717, 1.165) is 5.01 Å². The van der Waals surface area contributed by atoms with E-state index in [1.54, 1.807) is 42.7 Å². The lowest BCUT2D eigenvalue weighted by Gasteiger charge is -2.16. The number of hydrogen-bond acceptors (Lipinski definition) is 5. The molecule has 108 valence electrons. The van der Waals surface area contributed by atoms with Gasteiger partial charge < -0.3 is 4.74 Å². The summed E-state index contributed by atoms with van der Waals surface area (Å²) in [6, 6.07) is 8.27. The zero-order valence-corrected chi connectivity index (χ0v) is 11.9. The van der Waals surface area contributed by atoms with Crippen molar-refractivity contribution in [2.24, 2.45) is 0 Å². The maximum absolute atomic E-state index is 12.3. The number of carbonyl (C=O) groups is 2. The van der Waals surface area contributed by atoms with Gasteiger partial charge in [0.2, 0.25) is 0 Å². The molecule has 0 radical (unpaired) electrons. The first-order chi connectivity index (χ1) is 9.72. The molecule has 0 bridgehead atoms. The molecule has 7 heteroatoms. The predicted octanol–water partition coefficient (Wildman–Crippen LogP) is 2.14. The van der Waals surface area contributed by atoms with Gasteiger partial charge in [0, 0.05) is 12.4 Å². The highest BCUT2D eigenvalue weighted by Gasteiger charge is 2.38. The van der Waals surface area contributed by atoms with Crippen molar-refractivity contribution in [1.82, 2.24) is 9.99 Å². The first-order valence-corrected chi connectivity index (χ1v) is 5.95. The van der Waals surface area contributed by atoms with Crippen molar-refractivity contribution in [3.8, 4) is 5.75 Å². The van der Waals surface area contributed by atoms with E-state index in [0.29, 0.717) is 17.0 Å². The summed E-state index contributed by atoms with van der Waals surface area (Å²) >= 11 is 0. The number of pyridine rings is 1. The number of nitrogens with zero attached hydrogens (tertiary/aromatic N) is 2. The number of benzene rings is 1. The number of hydrogen-bond donors (Lipinski definition) is 1. The Labute approximate surface area is 127 Å². The third-order valence-corrected chi connectivity index (χ3v) is 3.02. The predicted molar refractivity (Wildman–Crippen MR) is 78.6 cm³/mol. The molecule has 1 aliphatic rings. The molecule has 0 atom stereocenters. The Kier molecular flexibility index (Phi) is 4.09. The monoisotopic (exact) mass is 305 g/mol. The van der Waals surface area contributed by atoms with Gasteiger partial charge in [-0.1, -0.05) is 6.07 Å². The SMILES string of the molecule is COc1cccc2c1C(=O)N(Nc1ccncc1)C2=O.Cl. The van der Waals surface area contributed by atoms with Crippen LogP contribution in [0.1, 0.15) is 20.7 Å². The Morgan fingerprint density at radius 3 is 2.48 bits per heavy atom. The number of methoxy groups -OCH3 is 1. The van der Waals surface area contributed by atoms with Crippen molar-refractivity contribution >= 4 is 29.9 Å². The van der Waals surface area contributed by atoms with Gasteiger partial charge in [-0.3, -0.25) is 20.0 Å². The Hall–Kier alpha value is -2.60. The third kappa shape index (κ3) is 2.41. The molecule has 2 heterocycles. The number of hydrazine groups is 1. The van der Waals surface area contributed by atoms with Crippen molar-refractivity contribution < 1.29 is 14.3 Å². The number of amides is 2. The number of nitrogens with one attached hydrogen (secondary N) is 1. The van der Waals surface area contributed by atoms with E-state index in [1.165, 1.54) is 7.11 Å². The van der Waals surface area contributed by atoms with Crippen LogP contribution in [-0.4, -0.2) is 28.9 Å². The fourth-order valence-electron chi connectivity index (χ4n) is 2.08. The summed E-state index contributed by atoms with van der Waals surface area (Å²) in [6.07, 6.45) is 3.14. The summed E-state index contributed by atoms with van der Waals surface area (Å²) in [5.41, 5.74) is 3.99. The Morgan fingerprint density at radius 2 is 1.81 bits per heavy atom. The molecular weight excluding hydrogens is 294 g/mol. The molecule has 0 saturated carbocycles. The molecule has 1 N–H and O–H groups in total. The van der Waals surface area contributed by atoms with Gasteiger partial charge >= 0.3 is 0 Å². The minimum absolute atomic E-state index is 0. The Morgan fingerprint density at radius 1 is 1.10 bits per heavy atom. The van der Waals surface area contributed by atoms with Crippen molar-refractivity contribution in [2.75, 3.05) is 12.5 Å². The van der Waals surface area contributed by atoms with Crippen LogP contribution in [0.4, 0.5) is 5.69 Å². The first-order valence-electron chi connectivity index (χ1n) is 5.95. The normalized spacial score (nSPS) is 12.7. The molecule has 1 aliphatic heterocycles. The molecule has 0 spiro atoms. The molecule has 0 unspecified atom stereocenters. The average Bonchev–Trinajstić information content (AvgIpc) is 2.73. The molecule has 0 saturated heterocycles. The first kappa shape index (κ1) is 14.8. The van der Waals surface area contributed by atoms with Crippen LogP contribution in [0.25, 0.3) is 0 Å². The fraction of sp³-hybridized carbons (Fsp3) is 0.0714. The summed E-state index contributed by atoms with van der Waals surface area (Å²) in [5.74, 6) is -0.445. The van der Waals surface area contributed by atoms with Crippen LogP contribution < -0.4 is 10.2 Å². The van der Waals surface area contributed by atoms with Crippen molar-refractivity contribution in [3.05, 3.63) is 53.9 Å². The molecule has 2 aromatic rings. The van der Waals surface area contributed by atoms with Gasteiger partial charge in [0.25, 0.3) is 11.8 Å². The lowest BCUT2D eigenvalue weighted by molar-refractivity contribution is 0.0690. The van der Waals surface area contributed by atoms with E-state index in [9.17, 15) is 9.59 Å². The second kappa shape index (κ2) is 5.80. The largest absolute Gasteiger partial charge is 0.496 e. The van der Waals surface area contributed by atoms with E-state index >= 15 is 0 Å². The van der Waals surface area contributed by atoms with E-state index in [4.69, 9.17) is 4.74 Å². The molecule has 3 rings (SSSR count). The maximum Gasteiger partial charge on any atom is 0.284 e. The molecule has 2 amide bonds. The number of imide groups is 1. The second-order valence-electron chi connectivity index (χ2n) is 4.18. The van der Waals surface area contributed by atoms with Crippen LogP contribution >= 0.6 is 12.4 Å². The standard InChI is InChI=1S/C14H11N3O3.ClH/c1-20-11-4-2-3-10-12(11)14(19)17(13(10)18)16-9-5-7-15-8-6-9;/h2-8H,1H3,(H,15,16);1H. The number of aromatic nitrogens is 1. The molecule has 1 aromatic carbocycles. The Bertz CT molecular complexity index is 691. The number of halogens is 1. The number of fused-ring (bicyclic) bond motifs is 1. The molecule has 6 nitrogen and oxygen atoms in total. The number of anilines is 1. The minimum Gasteiger partial charge on any atom is -0.496 e. The van der Waals surface area contributed by atoms with Crippen molar-refractivity contribution in [2.45, 2.75) is 0 Å². The smallest absolute Gasteiger partial charge is 0.284 e. The highest BCUT2D eigenvalue weighted by atomic mass is 35.5. The molecule has 21 heavy (non-hydrogen) atoms. The molecular formula is C14H12ClN3O3. The number of rotatable bonds is 3. The topological polar surface area (TPSA) is 71.5 Å². The summed E-state index contributed by atoms with van der Waals surface area (Å²) in [6.45, 7) is 0. The second-order valence-corrected chi connectivity index (χ2v) is 4.18. The van der Waals surface area contributed by atoms with Gasteiger partial charge in [0.05, 0.1) is 23.9 Å². The minimum atomic E-state index is -0.431. The van der Waals surface area contributed by atoms with Gasteiger partial charge in [0.15, 0.2) is 0 Å². The lowest BCUT2D eigenvalue weighted by atomic mass is 10.1. The lowest BCUT2D eigenvalue weighted by Crippen LogP contribution is -2.35. The summed E-state index contributed by atoms with van der Waals surface area (Å²) in [5, 5.41) is 0.975. The maximum atomic E-state index is 12.3. The van der Waals surface area contributed by atoms with Crippen LogP contribution in [0.2, 0.25) is 0 Å². The summed E-state index contributed by atoms with van der Waals surface area (Å²) in [7, 11) is 1.46. The van der Waals surface area contributed by atoms with E-state index < -0.39 is 11.8 Å². The highest BCUT2D eigenvalue weighted by molar-refractivity contribution is 6.23. The van der Waals surface area contributed by atoms with Crippen LogP contribution in [0.15, 0.2) is 42.7 Å². The highest BCUT2D eigenvalue weighted by Crippen LogP contribution is 2.30. The van der Waals surface area contributed by atoms with Crippen molar-refractivity contribution in [1.29, 1.82) is 0 Å². The quantitative estimate of drug-likeness (QED) is 0.880. The third-order valence-electron chi connectivity index (χ3n) is 3.02. The van der Waals surface area contributed by atoms with Crippen LogP contribution in [0.5, 0.6) is 5.75 Å². The fourth-order valence-corrected chi connectivity index (χ4v) is 2.08. The molecule has 0 aliphatic carbocycles. The van der Waals surface area contributed by atoms with Crippen LogP contribution in [-0.2, 0) is 0 Å². The Balaban J connectivity index is 0.00000161. The molecule has 0 fully saturated rings. The zero-order chi connectivity index (χ0) is 14.1. The average molecular weight is 306 g/mol. The van der Waals surface area contributed by atoms with Crippen LogP contribution in [0, 0.1) is 0 Å². The summed E-state index contributed by atoms with van der Waals surface area (Å²) in [4.78, 5) is 28.5. The zero-order valence-electron chi connectivity index (χ0n) is 11.1. The number of ether oxygens (including phenoxy) is 1. The van der Waals surface area contributed by atoms with E-state index in [1.807, 2.05) is 0 Å².